The van der Waals surface area contributed by atoms with Crippen LogP contribution in [0.4, 0.5) is 21.5 Å². The summed E-state index contributed by atoms with van der Waals surface area (Å²) in [5.41, 5.74) is 3.89. The second-order valence-electron chi connectivity index (χ2n) is 7.96. The number of rotatable bonds is 5. The summed E-state index contributed by atoms with van der Waals surface area (Å²) < 4.78 is 19.0. The topological polar surface area (TPSA) is 73.9 Å². The van der Waals surface area contributed by atoms with Gasteiger partial charge in [-0.2, -0.15) is 0 Å². The number of carbonyl (C=O) groups excluding carboxylic acids is 2. The summed E-state index contributed by atoms with van der Waals surface area (Å²) in [4.78, 5) is 28.8. The van der Waals surface area contributed by atoms with Crippen molar-refractivity contribution in [1.82, 2.24) is 4.90 Å². The summed E-state index contributed by atoms with van der Waals surface area (Å²) >= 11 is 0. The maximum Gasteiger partial charge on any atom is 0.248 e. The number of hydrogen-bond donors (Lipinski definition) is 2. The summed E-state index contributed by atoms with van der Waals surface area (Å²) in [6.45, 7) is 4.69. The van der Waals surface area contributed by atoms with Gasteiger partial charge in [-0.15, -0.1) is 0 Å². The van der Waals surface area contributed by atoms with Crippen LogP contribution in [0.2, 0.25) is 0 Å². The largest absolute Gasteiger partial charge is 0.375 e. The smallest absolute Gasteiger partial charge is 0.248 e. The SMILES string of the molecule is COCC(=O)N1CCN(c2cccc(NC(=O)C3Cc4c(F)ccc(C)c4N3)c2)CC1. The number of nitrogens with zero attached hydrogens (tertiary/aromatic N) is 2. The Morgan fingerprint density at radius 2 is 1.97 bits per heavy atom. The average molecular weight is 426 g/mol. The van der Waals surface area contributed by atoms with Crippen LogP contribution in [0, 0.1) is 12.7 Å². The van der Waals surface area contributed by atoms with Gasteiger partial charge in [0.15, 0.2) is 0 Å². The highest BCUT2D eigenvalue weighted by atomic mass is 19.1. The lowest BCUT2D eigenvalue weighted by atomic mass is 10.1. The Balaban J connectivity index is 1.37. The molecule has 7 nitrogen and oxygen atoms in total. The van der Waals surface area contributed by atoms with Crippen LogP contribution in [0.15, 0.2) is 36.4 Å². The van der Waals surface area contributed by atoms with Crippen LogP contribution in [0.5, 0.6) is 0 Å². The molecule has 1 unspecified atom stereocenters. The number of halogens is 1. The molecule has 0 radical (unpaired) electrons. The Labute approximate surface area is 181 Å². The number of piperazine rings is 1. The van der Waals surface area contributed by atoms with E-state index in [9.17, 15) is 14.0 Å². The van der Waals surface area contributed by atoms with Gasteiger partial charge < -0.3 is 25.2 Å². The molecule has 2 N–H and O–H groups in total. The summed E-state index contributed by atoms with van der Waals surface area (Å²) in [5.74, 6) is -0.476. The molecular weight excluding hydrogens is 399 g/mol. The summed E-state index contributed by atoms with van der Waals surface area (Å²) in [7, 11) is 1.52. The number of amides is 2. The molecule has 0 saturated carbocycles. The lowest BCUT2D eigenvalue weighted by molar-refractivity contribution is -0.135. The number of nitrogens with one attached hydrogen (secondary N) is 2. The van der Waals surface area contributed by atoms with Crippen molar-refractivity contribution in [2.45, 2.75) is 19.4 Å². The molecule has 0 spiro atoms. The van der Waals surface area contributed by atoms with E-state index in [1.54, 1.807) is 11.0 Å². The first kappa shape index (κ1) is 21.1. The highest BCUT2D eigenvalue weighted by molar-refractivity contribution is 5.98. The summed E-state index contributed by atoms with van der Waals surface area (Å²) in [6.07, 6.45) is 0.325. The number of benzene rings is 2. The minimum absolute atomic E-state index is 0.0000949. The van der Waals surface area contributed by atoms with Crippen molar-refractivity contribution < 1.29 is 18.7 Å². The van der Waals surface area contributed by atoms with Gasteiger partial charge in [0.2, 0.25) is 11.8 Å². The van der Waals surface area contributed by atoms with E-state index in [0.717, 1.165) is 16.9 Å². The Kier molecular flexibility index (Phi) is 6.08. The van der Waals surface area contributed by atoms with Crippen molar-refractivity contribution in [3.8, 4) is 0 Å². The zero-order chi connectivity index (χ0) is 22.0. The molecule has 0 aliphatic carbocycles. The van der Waals surface area contributed by atoms with Crippen LogP contribution in [0.1, 0.15) is 11.1 Å². The molecular formula is C23H27FN4O3. The number of fused-ring (bicyclic) bond motifs is 1. The second kappa shape index (κ2) is 8.93. The van der Waals surface area contributed by atoms with Gasteiger partial charge in [0.05, 0.1) is 0 Å². The molecule has 2 aromatic rings. The molecule has 1 atom stereocenters. The first-order chi connectivity index (χ1) is 15.0. The monoisotopic (exact) mass is 426 g/mol. The van der Waals surface area contributed by atoms with Gasteiger partial charge >= 0.3 is 0 Å². The normalized spacial score (nSPS) is 17.8. The minimum atomic E-state index is -0.510. The van der Waals surface area contributed by atoms with Gasteiger partial charge in [-0.3, -0.25) is 9.59 Å². The van der Waals surface area contributed by atoms with Crippen molar-refractivity contribution in [2.24, 2.45) is 0 Å². The molecule has 2 aliphatic heterocycles. The minimum Gasteiger partial charge on any atom is -0.375 e. The molecule has 2 amide bonds. The van der Waals surface area contributed by atoms with Gasteiger partial charge in [0.1, 0.15) is 18.5 Å². The van der Waals surface area contributed by atoms with Gasteiger partial charge in [0.25, 0.3) is 0 Å². The quantitative estimate of drug-likeness (QED) is 0.768. The lowest BCUT2D eigenvalue weighted by Gasteiger charge is -2.36. The zero-order valence-corrected chi connectivity index (χ0v) is 17.8. The van der Waals surface area contributed by atoms with E-state index in [1.807, 2.05) is 31.2 Å². The van der Waals surface area contributed by atoms with E-state index < -0.39 is 6.04 Å². The van der Waals surface area contributed by atoms with Gasteiger partial charge in [-0.25, -0.2) is 4.39 Å². The van der Waals surface area contributed by atoms with Crippen molar-refractivity contribution in [3.63, 3.8) is 0 Å². The van der Waals surface area contributed by atoms with Crippen LogP contribution < -0.4 is 15.5 Å². The van der Waals surface area contributed by atoms with E-state index in [4.69, 9.17) is 4.74 Å². The van der Waals surface area contributed by atoms with Crippen LogP contribution in [-0.2, 0) is 20.7 Å². The summed E-state index contributed by atoms with van der Waals surface area (Å²) in [5, 5.41) is 6.11. The standard InChI is InChI=1S/C23H27FN4O3/c1-15-6-7-19(24)18-13-20(26-22(15)18)23(30)25-16-4-3-5-17(12-16)27-8-10-28(11-9-27)21(29)14-31-2/h3-7,12,20,26H,8-11,13-14H2,1-2H3,(H,25,30). The Bertz CT molecular complexity index is 958. The average Bonchev–Trinajstić information content (AvgIpc) is 3.24. The zero-order valence-electron chi connectivity index (χ0n) is 17.8. The third kappa shape index (κ3) is 4.49. The number of carbonyl (C=O) groups is 2. The molecule has 1 fully saturated rings. The maximum absolute atomic E-state index is 14.1. The third-order valence-corrected chi connectivity index (χ3v) is 5.89. The molecule has 31 heavy (non-hydrogen) atoms. The van der Waals surface area contributed by atoms with Gasteiger partial charge in [-0.05, 0) is 36.8 Å². The molecule has 0 bridgehead atoms. The van der Waals surface area contributed by atoms with E-state index in [1.165, 1.54) is 13.2 Å². The number of hydrogen-bond acceptors (Lipinski definition) is 5. The fourth-order valence-corrected chi connectivity index (χ4v) is 4.17. The van der Waals surface area contributed by atoms with E-state index in [2.05, 4.69) is 15.5 Å². The third-order valence-electron chi connectivity index (χ3n) is 5.89. The Morgan fingerprint density at radius 1 is 1.19 bits per heavy atom. The number of methoxy groups -OCH3 is 1. The number of anilines is 3. The molecule has 2 aliphatic rings. The molecule has 164 valence electrons. The molecule has 2 aromatic carbocycles. The first-order valence-corrected chi connectivity index (χ1v) is 10.4. The van der Waals surface area contributed by atoms with Crippen molar-refractivity contribution in [2.75, 3.05) is 55.4 Å². The van der Waals surface area contributed by atoms with Crippen LogP contribution in [0.3, 0.4) is 0 Å². The van der Waals surface area contributed by atoms with Crippen molar-refractivity contribution in [3.05, 3.63) is 53.3 Å². The molecule has 1 saturated heterocycles. The number of ether oxygens (including phenoxy) is 1. The van der Waals surface area contributed by atoms with Crippen LogP contribution in [0.25, 0.3) is 0 Å². The fraction of sp³-hybridized carbons (Fsp3) is 0.391. The van der Waals surface area contributed by atoms with E-state index in [0.29, 0.717) is 43.9 Å². The second-order valence-corrected chi connectivity index (χ2v) is 7.96. The van der Waals surface area contributed by atoms with Crippen molar-refractivity contribution >= 4 is 28.9 Å². The van der Waals surface area contributed by atoms with Crippen LogP contribution >= 0.6 is 0 Å². The molecule has 0 aromatic heterocycles. The Hall–Kier alpha value is -3.13. The summed E-state index contributed by atoms with van der Waals surface area (Å²) in [6, 6.07) is 10.3. The van der Waals surface area contributed by atoms with E-state index >= 15 is 0 Å². The maximum atomic E-state index is 14.1. The van der Waals surface area contributed by atoms with Gasteiger partial charge in [0, 0.05) is 62.3 Å². The Morgan fingerprint density at radius 3 is 2.68 bits per heavy atom. The van der Waals surface area contributed by atoms with Crippen molar-refractivity contribution in [1.29, 1.82) is 0 Å². The predicted molar refractivity (Wildman–Crippen MR) is 118 cm³/mol. The first-order valence-electron chi connectivity index (χ1n) is 10.4. The predicted octanol–water partition coefficient (Wildman–Crippen LogP) is 2.40. The van der Waals surface area contributed by atoms with Gasteiger partial charge in [-0.1, -0.05) is 12.1 Å². The molecule has 2 heterocycles. The number of aryl methyl sites for hydroxylation is 1. The molecule has 4 rings (SSSR count). The van der Waals surface area contributed by atoms with Crippen LogP contribution in [-0.4, -0.2) is 62.7 Å². The fourth-order valence-electron chi connectivity index (χ4n) is 4.17. The van der Waals surface area contributed by atoms with E-state index in [-0.39, 0.29) is 24.2 Å². The highest BCUT2D eigenvalue weighted by Crippen LogP contribution is 2.32. The molecule has 8 heteroatoms. The lowest BCUT2D eigenvalue weighted by Crippen LogP contribution is -2.49. The highest BCUT2D eigenvalue weighted by Gasteiger charge is 2.30.